The van der Waals surface area contributed by atoms with Gasteiger partial charge in [0.2, 0.25) is 0 Å². The number of carbonyl (C=O) groups excluding carboxylic acids is 1. The molecule has 0 bridgehead atoms. The fourth-order valence-corrected chi connectivity index (χ4v) is 2.00. The molecule has 0 aliphatic carbocycles. The number of halogens is 1. The van der Waals surface area contributed by atoms with Crippen molar-refractivity contribution in [2.75, 3.05) is 6.61 Å². The fourth-order valence-electron chi connectivity index (χ4n) is 2.00. The summed E-state index contributed by atoms with van der Waals surface area (Å²) in [5.41, 5.74) is -0.799. The van der Waals surface area contributed by atoms with Crippen LogP contribution in [-0.2, 0) is 11.2 Å². The Kier molecular flexibility index (Phi) is 3.29. The van der Waals surface area contributed by atoms with Gasteiger partial charge in [-0.05, 0) is 51.5 Å². The molecule has 0 saturated carbocycles. The van der Waals surface area contributed by atoms with Crippen LogP contribution in [0.2, 0.25) is 0 Å². The molecule has 2 rings (SSSR count). The van der Waals surface area contributed by atoms with Crippen molar-refractivity contribution in [3.8, 4) is 5.75 Å². The monoisotopic (exact) mass is 266 g/mol. The molecular formula is C15H19FO3. The first-order valence-corrected chi connectivity index (χ1v) is 6.34. The van der Waals surface area contributed by atoms with Gasteiger partial charge in [-0.25, -0.2) is 9.18 Å². The lowest BCUT2D eigenvalue weighted by Crippen LogP contribution is -2.34. The van der Waals surface area contributed by atoms with Gasteiger partial charge in [-0.1, -0.05) is 0 Å². The van der Waals surface area contributed by atoms with E-state index in [-0.39, 0.29) is 13.0 Å². The smallest absolute Gasteiger partial charge is 0.338 e. The summed E-state index contributed by atoms with van der Waals surface area (Å²) in [6, 6.07) is 5.00. The lowest BCUT2D eigenvalue weighted by Gasteiger charge is -2.28. The molecule has 1 unspecified atom stereocenters. The average molecular weight is 266 g/mol. The Morgan fingerprint density at radius 2 is 2.11 bits per heavy atom. The molecule has 1 aliphatic heterocycles. The van der Waals surface area contributed by atoms with Gasteiger partial charge in [-0.2, -0.15) is 0 Å². The van der Waals surface area contributed by atoms with E-state index in [1.807, 2.05) is 20.8 Å². The third kappa shape index (κ3) is 3.46. The lowest BCUT2D eigenvalue weighted by atomic mass is 9.94. The number of ether oxygens (including phenoxy) is 2. The van der Waals surface area contributed by atoms with Gasteiger partial charge in [0, 0.05) is 6.42 Å². The molecule has 0 saturated heterocycles. The summed E-state index contributed by atoms with van der Waals surface area (Å²) in [5, 5.41) is 0. The first-order valence-electron chi connectivity index (χ1n) is 6.34. The summed E-state index contributed by atoms with van der Waals surface area (Å²) in [4.78, 5) is 12.0. The van der Waals surface area contributed by atoms with Crippen LogP contribution >= 0.6 is 0 Å². The Morgan fingerprint density at radius 3 is 2.74 bits per heavy atom. The topological polar surface area (TPSA) is 35.5 Å². The number of esters is 1. The maximum Gasteiger partial charge on any atom is 0.338 e. The first-order chi connectivity index (χ1) is 8.66. The van der Waals surface area contributed by atoms with Crippen LogP contribution < -0.4 is 4.74 Å². The fraction of sp³-hybridized carbons (Fsp3) is 0.533. The molecule has 1 heterocycles. The highest BCUT2D eigenvalue weighted by Gasteiger charge is 2.31. The van der Waals surface area contributed by atoms with Gasteiger partial charge in [0.15, 0.2) is 0 Å². The molecule has 1 aromatic rings. The molecule has 1 aromatic carbocycles. The Labute approximate surface area is 112 Å². The highest BCUT2D eigenvalue weighted by molar-refractivity contribution is 5.90. The van der Waals surface area contributed by atoms with Crippen LogP contribution in [0.4, 0.5) is 4.39 Å². The van der Waals surface area contributed by atoms with Crippen LogP contribution in [0.1, 0.15) is 43.6 Å². The minimum absolute atomic E-state index is 0.0474. The van der Waals surface area contributed by atoms with E-state index in [1.54, 1.807) is 18.2 Å². The second-order valence-electron chi connectivity index (χ2n) is 6.20. The van der Waals surface area contributed by atoms with Crippen molar-refractivity contribution in [3.05, 3.63) is 29.3 Å². The normalized spacial score (nSPS) is 22.4. The van der Waals surface area contributed by atoms with Crippen molar-refractivity contribution in [1.29, 1.82) is 0 Å². The average Bonchev–Trinajstić information content (AvgIpc) is 2.24. The van der Waals surface area contributed by atoms with E-state index in [2.05, 4.69) is 0 Å². The first kappa shape index (κ1) is 13.8. The van der Waals surface area contributed by atoms with Gasteiger partial charge in [0.05, 0.1) is 5.56 Å². The molecule has 0 radical (unpaired) electrons. The van der Waals surface area contributed by atoms with Crippen molar-refractivity contribution in [1.82, 2.24) is 0 Å². The van der Waals surface area contributed by atoms with Crippen molar-refractivity contribution in [2.45, 2.75) is 45.4 Å². The number of rotatable bonds is 1. The molecule has 1 atom stereocenters. The van der Waals surface area contributed by atoms with Gasteiger partial charge in [-0.15, -0.1) is 0 Å². The maximum atomic E-state index is 13.9. The maximum absolute atomic E-state index is 13.9. The highest BCUT2D eigenvalue weighted by Crippen LogP contribution is 2.32. The number of benzene rings is 1. The minimum Gasteiger partial charge on any atom is -0.490 e. The predicted octanol–water partition coefficient (Wildman–Crippen LogP) is 3.31. The van der Waals surface area contributed by atoms with E-state index in [0.717, 1.165) is 0 Å². The molecule has 0 aromatic heterocycles. The third-order valence-electron chi connectivity index (χ3n) is 2.78. The summed E-state index contributed by atoms with van der Waals surface area (Å²) in [6.07, 6.45) is 0.249. The second kappa shape index (κ2) is 4.51. The third-order valence-corrected chi connectivity index (χ3v) is 2.78. The molecular weight excluding hydrogens is 247 g/mol. The number of carbonyl (C=O) groups is 1. The lowest BCUT2D eigenvalue weighted by molar-refractivity contribution is 0.00686. The summed E-state index contributed by atoms with van der Waals surface area (Å²) < 4.78 is 24.6. The van der Waals surface area contributed by atoms with Gasteiger partial charge in [0.1, 0.15) is 23.6 Å². The van der Waals surface area contributed by atoms with Crippen LogP contribution in [0.25, 0.3) is 0 Å². The standard InChI is InChI=1S/C15H19FO3/c1-14(2,3)19-13(17)10-5-6-12-11(7-10)8-15(4,16)9-18-12/h5-7H,8-9H2,1-4H3. The van der Waals surface area contributed by atoms with E-state index in [1.165, 1.54) is 6.92 Å². The number of alkyl halides is 1. The van der Waals surface area contributed by atoms with Crippen molar-refractivity contribution < 1.29 is 18.7 Å². The molecule has 0 amide bonds. The van der Waals surface area contributed by atoms with Crippen LogP contribution in [-0.4, -0.2) is 23.8 Å². The van der Waals surface area contributed by atoms with Crippen molar-refractivity contribution >= 4 is 5.97 Å². The Balaban J connectivity index is 2.24. The summed E-state index contributed by atoms with van der Waals surface area (Å²) in [5.74, 6) is 0.240. The Hall–Kier alpha value is -1.58. The van der Waals surface area contributed by atoms with Crippen LogP contribution in [0.5, 0.6) is 5.75 Å². The molecule has 104 valence electrons. The van der Waals surface area contributed by atoms with Crippen LogP contribution in [0.3, 0.4) is 0 Å². The summed E-state index contributed by atoms with van der Waals surface area (Å²) in [7, 11) is 0. The molecule has 0 N–H and O–H groups in total. The largest absolute Gasteiger partial charge is 0.490 e. The predicted molar refractivity (Wildman–Crippen MR) is 70.3 cm³/mol. The molecule has 1 aliphatic rings. The molecule has 0 spiro atoms. The quantitative estimate of drug-likeness (QED) is 0.732. The second-order valence-corrected chi connectivity index (χ2v) is 6.20. The van der Waals surface area contributed by atoms with E-state index in [9.17, 15) is 9.18 Å². The van der Waals surface area contributed by atoms with E-state index in [4.69, 9.17) is 9.47 Å². The number of hydrogen-bond acceptors (Lipinski definition) is 3. The molecule has 4 heteroatoms. The molecule has 0 fully saturated rings. The number of hydrogen-bond donors (Lipinski definition) is 0. The Morgan fingerprint density at radius 1 is 1.42 bits per heavy atom. The van der Waals surface area contributed by atoms with Gasteiger partial charge >= 0.3 is 5.97 Å². The number of fused-ring (bicyclic) bond motifs is 1. The molecule has 19 heavy (non-hydrogen) atoms. The van der Waals surface area contributed by atoms with Gasteiger partial charge in [0.25, 0.3) is 0 Å². The van der Waals surface area contributed by atoms with Crippen LogP contribution in [0.15, 0.2) is 18.2 Å². The van der Waals surface area contributed by atoms with E-state index < -0.39 is 17.2 Å². The zero-order valence-electron chi connectivity index (χ0n) is 11.7. The van der Waals surface area contributed by atoms with Crippen molar-refractivity contribution in [3.63, 3.8) is 0 Å². The van der Waals surface area contributed by atoms with E-state index in [0.29, 0.717) is 16.9 Å². The van der Waals surface area contributed by atoms with Gasteiger partial charge in [-0.3, -0.25) is 0 Å². The van der Waals surface area contributed by atoms with E-state index >= 15 is 0 Å². The molecule has 3 nitrogen and oxygen atoms in total. The Bertz CT molecular complexity index is 501. The highest BCUT2D eigenvalue weighted by atomic mass is 19.1. The summed E-state index contributed by atoms with van der Waals surface area (Å²) in [6.45, 7) is 6.98. The van der Waals surface area contributed by atoms with Crippen LogP contribution in [0, 0.1) is 0 Å². The summed E-state index contributed by atoms with van der Waals surface area (Å²) >= 11 is 0. The zero-order chi connectivity index (χ0) is 14.3. The SMILES string of the molecule is CC1(F)COc2ccc(C(=O)OC(C)(C)C)cc2C1. The minimum atomic E-state index is -1.39. The van der Waals surface area contributed by atoms with Crippen molar-refractivity contribution in [2.24, 2.45) is 0 Å². The van der Waals surface area contributed by atoms with Gasteiger partial charge < -0.3 is 9.47 Å². The zero-order valence-corrected chi connectivity index (χ0v) is 11.7.